The average Bonchev–Trinajstić information content (AvgIpc) is 2.79. The Balaban J connectivity index is 2.08. The molecule has 0 aliphatic carbocycles. The van der Waals surface area contributed by atoms with Crippen LogP contribution in [0.1, 0.15) is 44.1 Å². The molecule has 1 aromatic heterocycles. The smallest absolute Gasteiger partial charge is 0.195 e. The van der Waals surface area contributed by atoms with Crippen LogP contribution < -0.4 is 5.73 Å². The molecule has 3 nitrogen and oxygen atoms in total. The molecule has 0 fully saturated rings. The van der Waals surface area contributed by atoms with Crippen molar-refractivity contribution in [1.82, 2.24) is 4.98 Å². The van der Waals surface area contributed by atoms with Crippen LogP contribution in [0.25, 0.3) is 11.1 Å². The number of rotatable bonds is 7. The van der Waals surface area contributed by atoms with E-state index in [-0.39, 0.29) is 0 Å². The molecule has 1 atom stereocenters. The van der Waals surface area contributed by atoms with Crippen LogP contribution in [0.15, 0.2) is 16.5 Å². The highest BCUT2D eigenvalue weighted by Crippen LogP contribution is 2.26. The minimum atomic E-state index is 0.671. The number of nitrogens with zero attached hydrogens (tertiary/aromatic N) is 1. The molecule has 1 aromatic carbocycles. The Morgan fingerprint density at radius 2 is 2.10 bits per heavy atom. The van der Waals surface area contributed by atoms with Crippen LogP contribution in [0.2, 0.25) is 5.02 Å². The maximum atomic E-state index is 6.05. The van der Waals surface area contributed by atoms with E-state index in [0.29, 0.717) is 10.9 Å². The van der Waals surface area contributed by atoms with Gasteiger partial charge in [0.1, 0.15) is 5.52 Å². The van der Waals surface area contributed by atoms with Gasteiger partial charge in [-0.1, -0.05) is 31.4 Å². The largest absolute Gasteiger partial charge is 0.440 e. The van der Waals surface area contributed by atoms with Gasteiger partial charge in [0.05, 0.1) is 0 Å². The Kier molecular flexibility index (Phi) is 5.44. The Morgan fingerprint density at radius 3 is 2.80 bits per heavy atom. The number of aryl methyl sites for hydroxylation is 2. The van der Waals surface area contributed by atoms with Gasteiger partial charge in [-0.15, -0.1) is 0 Å². The summed E-state index contributed by atoms with van der Waals surface area (Å²) in [6.07, 6.45) is 5.47. The molecule has 2 rings (SSSR count). The number of nitrogens with two attached hydrogens (primary N) is 1. The second kappa shape index (κ2) is 7.09. The Labute approximate surface area is 125 Å². The SMILES string of the molecule is CCCC(CCN)CCc1nc2cc(Cl)cc(C)c2o1. The van der Waals surface area contributed by atoms with Gasteiger partial charge in [0, 0.05) is 11.4 Å². The van der Waals surface area contributed by atoms with E-state index in [9.17, 15) is 0 Å². The number of benzene rings is 1. The maximum absolute atomic E-state index is 6.05. The van der Waals surface area contributed by atoms with Gasteiger partial charge in [-0.3, -0.25) is 0 Å². The average molecular weight is 295 g/mol. The number of hydrogen-bond acceptors (Lipinski definition) is 3. The lowest BCUT2D eigenvalue weighted by Crippen LogP contribution is -2.09. The van der Waals surface area contributed by atoms with Crippen LogP contribution in [0.4, 0.5) is 0 Å². The van der Waals surface area contributed by atoms with Crippen molar-refractivity contribution in [3.05, 3.63) is 28.6 Å². The van der Waals surface area contributed by atoms with Crippen molar-refractivity contribution in [2.24, 2.45) is 11.7 Å². The number of halogens is 1. The fourth-order valence-electron chi connectivity index (χ4n) is 2.71. The van der Waals surface area contributed by atoms with E-state index < -0.39 is 0 Å². The van der Waals surface area contributed by atoms with Crippen molar-refractivity contribution in [3.8, 4) is 0 Å². The number of aromatic nitrogens is 1. The predicted octanol–water partition coefficient (Wildman–Crippen LogP) is 4.49. The zero-order valence-corrected chi connectivity index (χ0v) is 13.0. The van der Waals surface area contributed by atoms with Gasteiger partial charge in [-0.05, 0) is 49.9 Å². The van der Waals surface area contributed by atoms with E-state index in [1.54, 1.807) is 0 Å². The maximum Gasteiger partial charge on any atom is 0.195 e. The topological polar surface area (TPSA) is 52.0 Å². The summed E-state index contributed by atoms with van der Waals surface area (Å²) in [5.41, 5.74) is 8.43. The summed E-state index contributed by atoms with van der Waals surface area (Å²) in [6.45, 7) is 4.97. The first-order chi connectivity index (χ1) is 9.63. The summed E-state index contributed by atoms with van der Waals surface area (Å²) < 4.78 is 5.86. The van der Waals surface area contributed by atoms with E-state index in [4.69, 9.17) is 21.8 Å². The van der Waals surface area contributed by atoms with E-state index in [2.05, 4.69) is 11.9 Å². The van der Waals surface area contributed by atoms with Gasteiger partial charge < -0.3 is 10.2 Å². The van der Waals surface area contributed by atoms with Crippen molar-refractivity contribution in [1.29, 1.82) is 0 Å². The fourth-order valence-corrected chi connectivity index (χ4v) is 2.98. The molecule has 110 valence electrons. The van der Waals surface area contributed by atoms with Crippen LogP contribution in [0.5, 0.6) is 0 Å². The first-order valence-corrected chi connectivity index (χ1v) is 7.77. The zero-order chi connectivity index (χ0) is 14.5. The Bertz CT molecular complexity index is 559. The molecule has 1 heterocycles. The van der Waals surface area contributed by atoms with Crippen molar-refractivity contribution < 1.29 is 4.42 Å². The first-order valence-electron chi connectivity index (χ1n) is 7.39. The van der Waals surface area contributed by atoms with Crippen LogP contribution in [-0.4, -0.2) is 11.5 Å². The summed E-state index contributed by atoms with van der Waals surface area (Å²) >= 11 is 6.05. The molecule has 0 radical (unpaired) electrons. The molecule has 0 aliphatic rings. The second-order valence-corrected chi connectivity index (χ2v) is 5.89. The van der Waals surface area contributed by atoms with E-state index in [1.807, 2.05) is 19.1 Å². The molecule has 0 amide bonds. The first kappa shape index (κ1) is 15.3. The molecule has 4 heteroatoms. The lowest BCUT2D eigenvalue weighted by Gasteiger charge is -2.13. The predicted molar refractivity (Wildman–Crippen MR) is 84.1 cm³/mol. The summed E-state index contributed by atoms with van der Waals surface area (Å²) in [4.78, 5) is 4.54. The highest BCUT2D eigenvalue weighted by Gasteiger charge is 2.12. The molecule has 0 spiro atoms. The van der Waals surface area contributed by atoms with Crippen molar-refractivity contribution in [3.63, 3.8) is 0 Å². The standard InChI is InChI=1S/C16H23ClN2O/c1-3-4-12(7-8-18)5-6-15-19-14-10-13(17)9-11(2)16(14)20-15/h9-10,12H,3-8,18H2,1-2H3. The molecule has 0 saturated carbocycles. The minimum Gasteiger partial charge on any atom is -0.440 e. The van der Waals surface area contributed by atoms with Crippen molar-refractivity contribution in [2.75, 3.05) is 6.54 Å². The molecule has 2 N–H and O–H groups in total. The molecule has 0 bridgehead atoms. The van der Waals surface area contributed by atoms with Gasteiger partial charge in [-0.2, -0.15) is 0 Å². The number of hydrogen-bond donors (Lipinski definition) is 1. The quantitative estimate of drug-likeness (QED) is 0.818. The highest BCUT2D eigenvalue weighted by molar-refractivity contribution is 6.31. The summed E-state index contributed by atoms with van der Waals surface area (Å²) in [5.74, 6) is 1.48. The lowest BCUT2D eigenvalue weighted by molar-refractivity contribution is 0.398. The van der Waals surface area contributed by atoms with Gasteiger partial charge in [0.25, 0.3) is 0 Å². The minimum absolute atomic E-state index is 0.671. The van der Waals surface area contributed by atoms with Crippen LogP contribution in [0.3, 0.4) is 0 Å². The van der Waals surface area contributed by atoms with E-state index in [1.165, 1.54) is 12.8 Å². The molecule has 1 unspecified atom stereocenters. The van der Waals surface area contributed by atoms with Crippen LogP contribution in [0, 0.1) is 12.8 Å². The zero-order valence-electron chi connectivity index (χ0n) is 12.3. The third-order valence-electron chi connectivity index (χ3n) is 3.72. The van der Waals surface area contributed by atoms with Gasteiger partial charge in [-0.25, -0.2) is 4.98 Å². The molecule has 0 aliphatic heterocycles. The highest BCUT2D eigenvalue weighted by atomic mass is 35.5. The third kappa shape index (κ3) is 3.74. The Morgan fingerprint density at radius 1 is 1.30 bits per heavy atom. The van der Waals surface area contributed by atoms with E-state index in [0.717, 1.165) is 48.4 Å². The summed E-state index contributed by atoms with van der Waals surface area (Å²) in [7, 11) is 0. The molecule has 2 aromatic rings. The van der Waals surface area contributed by atoms with Crippen molar-refractivity contribution >= 4 is 22.7 Å². The van der Waals surface area contributed by atoms with E-state index >= 15 is 0 Å². The van der Waals surface area contributed by atoms with Gasteiger partial charge in [0.15, 0.2) is 11.5 Å². The normalized spacial score (nSPS) is 13.0. The summed E-state index contributed by atoms with van der Waals surface area (Å²) in [5, 5.41) is 0.710. The fraction of sp³-hybridized carbons (Fsp3) is 0.562. The molecule has 20 heavy (non-hydrogen) atoms. The Hall–Kier alpha value is -1.06. The second-order valence-electron chi connectivity index (χ2n) is 5.45. The number of fused-ring (bicyclic) bond motifs is 1. The monoisotopic (exact) mass is 294 g/mol. The molecular formula is C16H23ClN2O. The molecule has 0 saturated heterocycles. The van der Waals surface area contributed by atoms with Crippen molar-refractivity contribution in [2.45, 2.75) is 46.0 Å². The van der Waals surface area contributed by atoms with Crippen LogP contribution >= 0.6 is 11.6 Å². The summed E-state index contributed by atoms with van der Waals surface area (Å²) in [6, 6.07) is 3.77. The number of oxazole rings is 1. The lowest BCUT2D eigenvalue weighted by atomic mass is 9.94. The van der Waals surface area contributed by atoms with Gasteiger partial charge in [0.2, 0.25) is 0 Å². The van der Waals surface area contributed by atoms with Crippen LogP contribution in [-0.2, 0) is 6.42 Å². The molecular weight excluding hydrogens is 272 g/mol. The van der Waals surface area contributed by atoms with Gasteiger partial charge >= 0.3 is 0 Å². The third-order valence-corrected chi connectivity index (χ3v) is 3.94.